The fraction of sp³-hybridized carbons (Fsp3) is 0.571. The van der Waals surface area contributed by atoms with Crippen molar-refractivity contribution in [2.45, 2.75) is 33.1 Å². The van der Waals surface area contributed by atoms with Crippen LogP contribution in [0.3, 0.4) is 0 Å². The molecule has 18 heavy (non-hydrogen) atoms. The summed E-state index contributed by atoms with van der Waals surface area (Å²) in [7, 11) is 0. The van der Waals surface area contributed by atoms with E-state index in [1.165, 1.54) is 5.56 Å². The summed E-state index contributed by atoms with van der Waals surface area (Å²) in [4.78, 5) is 0. The SMILES string of the molecule is CCOC(CN[C@H](C)c1ccc(Br)cc1)OCC. The standard InChI is InChI=1S/C14H22BrNO2/c1-4-17-14(18-5-2)10-16-11(3)12-6-8-13(15)9-7-12/h6-9,11,14,16H,4-5,10H2,1-3H3/t11-/m1/s1. The molecule has 0 bridgehead atoms. The molecule has 0 aliphatic rings. The molecule has 3 nitrogen and oxygen atoms in total. The van der Waals surface area contributed by atoms with E-state index in [4.69, 9.17) is 9.47 Å². The van der Waals surface area contributed by atoms with Crippen molar-refractivity contribution in [3.05, 3.63) is 34.3 Å². The molecule has 1 aromatic carbocycles. The zero-order valence-corrected chi connectivity index (χ0v) is 12.9. The molecule has 0 aliphatic heterocycles. The van der Waals surface area contributed by atoms with Gasteiger partial charge in [-0.3, -0.25) is 0 Å². The number of rotatable bonds is 8. The molecule has 0 fully saturated rings. The summed E-state index contributed by atoms with van der Waals surface area (Å²) in [6, 6.07) is 8.60. The maximum absolute atomic E-state index is 5.50. The summed E-state index contributed by atoms with van der Waals surface area (Å²) in [6.07, 6.45) is -0.169. The third-order valence-corrected chi connectivity index (χ3v) is 3.19. The third-order valence-electron chi connectivity index (χ3n) is 2.67. The first-order valence-electron chi connectivity index (χ1n) is 6.39. The van der Waals surface area contributed by atoms with E-state index >= 15 is 0 Å². The Morgan fingerprint density at radius 1 is 1.11 bits per heavy atom. The van der Waals surface area contributed by atoms with Gasteiger partial charge in [0.15, 0.2) is 6.29 Å². The van der Waals surface area contributed by atoms with Crippen molar-refractivity contribution < 1.29 is 9.47 Å². The summed E-state index contributed by atoms with van der Waals surface area (Å²) in [5.74, 6) is 0. The zero-order chi connectivity index (χ0) is 13.4. The average Bonchev–Trinajstić information content (AvgIpc) is 2.37. The molecule has 0 aliphatic carbocycles. The monoisotopic (exact) mass is 315 g/mol. The smallest absolute Gasteiger partial charge is 0.169 e. The number of ether oxygens (including phenoxy) is 2. The van der Waals surface area contributed by atoms with Gasteiger partial charge in [-0.05, 0) is 38.5 Å². The molecule has 102 valence electrons. The van der Waals surface area contributed by atoms with Crippen LogP contribution in [0.4, 0.5) is 0 Å². The molecule has 0 aromatic heterocycles. The lowest BCUT2D eigenvalue weighted by atomic mass is 10.1. The van der Waals surface area contributed by atoms with E-state index in [2.05, 4.69) is 52.4 Å². The van der Waals surface area contributed by atoms with Gasteiger partial charge in [-0.2, -0.15) is 0 Å². The highest BCUT2D eigenvalue weighted by molar-refractivity contribution is 9.10. The summed E-state index contributed by atoms with van der Waals surface area (Å²) < 4.78 is 12.1. The third kappa shape index (κ3) is 5.48. The summed E-state index contributed by atoms with van der Waals surface area (Å²) in [5.41, 5.74) is 1.25. The minimum absolute atomic E-state index is 0.169. The fourth-order valence-corrected chi connectivity index (χ4v) is 1.94. The largest absolute Gasteiger partial charge is 0.352 e. The van der Waals surface area contributed by atoms with E-state index in [0.717, 1.165) is 4.47 Å². The molecule has 0 heterocycles. The number of nitrogens with one attached hydrogen (secondary N) is 1. The molecule has 0 amide bonds. The van der Waals surface area contributed by atoms with Crippen molar-refractivity contribution in [2.75, 3.05) is 19.8 Å². The highest BCUT2D eigenvalue weighted by atomic mass is 79.9. The van der Waals surface area contributed by atoms with Gasteiger partial charge in [-0.15, -0.1) is 0 Å². The van der Waals surface area contributed by atoms with E-state index in [-0.39, 0.29) is 12.3 Å². The van der Waals surface area contributed by atoms with Crippen molar-refractivity contribution in [1.82, 2.24) is 5.32 Å². The molecule has 4 heteroatoms. The zero-order valence-electron chi connectivity index (χ0n) is 11.3. The van der Waals surface area contributed by atoms with Crippen molar-refractivity contribution in [3.63, 3.8) is 0 Å². The Kier molecular flexibility index (Phi) is 7.51. The number of benzene rings is 1. The van der Waals surface area contributed by atoms with Crippen LogP contribution in [0.15, 0.2) is 28.7 Å². The summed E-state index contributed by atoms with van der Waals surface area (Å²) in [6.45, 7) is 8.11. The minimum Gasteiger partial charge on any atom is -0.352 e. The average molecular weight is 316 g/mol. The topological polar surface area (TPSA) is 30.5 Å². The number of hydrogen-bond acceptors (Lipinski definition) is 3. The Bertz CT molecular complexity index is 323. The lowest BCUT2D eigenvalue weighted by Gasteiger charge is -2.21. The van der Waals surface area contributed by atoms with E-state index in [1.807, 2.05) is 13.8 Å². The molecule has 0 saturated carbocycles. The van der Waals surface area contributed by atoms with Crippen molar-refractivity contribution in [3.8, 4) is 0 Å². The second-order valence-corrected chi connectivity index (χ2v) is 4.94. The number of halogens is 1. The highest BCUT2D eigenvalue weighted by Gasteiger charge is 2.10. The van der Waals surface area contributed by atoms with Gasteiger partial charge in [-0.25, -0.2) is 0 Å². The number of hydrogen-bond donors (Lipinski definition) is 1. The van der Waals surface area contributed by atoms with Gasteiger partial charge in [0.05, 0.1) is 0 Å². The van der Waals surface area contributed by atoms with Gasteiger partial charge in [0.2, 0.25) is 0 Å². The summed E-state index contributed by atoms with van der Waals surface area (Å²) >= 11 is 3.44. The van der Waals surface area contributed by atoms with Crippen molar-refractivity contribution in [2.24, 2.45) is 0 Å². The van der Waals surface area contributed by atoms with Gasteiger partial charge in [0, 0.05) is 30.3 Å². The lowest BCUT2D eigenvalue weighted by Crippen LogP contribution is -2.33. The Labute approximate surface area is 118 Å². The fourth-order valence-electron chi connectivity index (χ4n) is 1.68. The molecule has 1 N–H and O–H groups in total. The highest BCUT2D eigenvalue weighted by Crippen LogP contribution is 2.16. The normalized spacial score (nSPS) is 12.9. The molecular weight excluding hydrogens is 294 g/mol. The Morgan fingerprint density at radius 3 is 2.17 bits per heavy atom. The van der Waals surface area contributed by atoms with E-state index < -0.39 is 0 Å². The molecule has 1 aromatic rings. The Balaban J connectivity index is 2.43. The second kappa shape index (κ2) is 8.64. The molecular formula is C14H22BrNO2. The first-order chi connectivity index (χ1) is 8.67. The Morgan fingerprint density at radius 2 is 1.67 bits per heavy atom. The maximum Gasteiger partial charge on any atom is 0.169 e. The maximum atomic E-state index is 5.50. The van der Waals surface area contributed by atoms with Gasteiger partial charge in [0.25, 0.3) is 0 Å². The van der Waals surface area contributed by atoms with Gasteiger partial charge in [0.1, 0.15) is 0 Å². The molecule has 0 spiro atoms. The van der Waals surface area contributed by atoms with Gasteiger partial charge in [-0.1, -0.05) is 28.1 Å². The van der Waals surface area contributed by atoms with Crippen LogP contribution >= 0.6 is 15.9 Å². The first kappa shape index (κ1) is 15.6. The van der Waals surface area contributed by atoms with Crippen LogP contribution in [-0.2, 0) is 9.47 Å². The molecule has 1 rings (SSSR count). The first-order valence-corrected chi connectivity index (χ1v) is 7.18. The van der Waals surface area contributed by atoms with Crippen LogP contribution in [-0.4, -0.2) is 26.0 Å². The van der Waals surface area contributed by atoms with Crippen LogP contribution in [0.5, 0.6) is 0 Å². The van der Waals surface area contributed by atoms with Crippen LogP contribution in [0, 0.1) is 0 Å². The predicted molar refractivity (Wildman–Crippen MR) is 77.6 cm³/mol. The Hall–Kier alpha value is -0.420. The quantitative estimate of drug-likeness (QED) is 0.745. The molecule has 1 atom stereocenters. The van der Waals surface area contributed by atoms with E-state index in [1.54, 1.807) is 0 Å². The van der Waals surface area contributed by atoms with Crippen LogP contribution < -0.4 is 5.32 Å². The van der Waals surface area contributed by atoms with Crippen LogP contribution in [0.25, 0.3) is 0 Å². The van der Waals surface area contributed by atoms with Crippen molar-refractivity contribution in [1.29, 1.82) is 0 Å². The molecule has 0 radical (unpaired) electrons. The van der Waals surface area contributed by atoms with Crippen LogP contribution in [0.2, 0.25) is 0 Å². The molecule has 0 saturated heterocycles. The van der Waals surface area contributed by atoms with Gasteiger partial charge >= 0.3 is 0 Å². The van der Waals surface area contributed by atoms with Crippen molar-refractivity contribution >= 4 is 15.9 Å². The van der Waals surface area contributed by atoms with E-state index in [9.17, 15) is 0 Å². The molecule has 0 unspecified atom stereocenters. The summed E-state index contributed by atoms with van der Waals surface area (Å²) in [5, 5.41) is 3.42. The van der Waals surface area contributed by atoms with E-state index in [0.29, 0.717) is 19.8 Å². The van der Waals surface area contributed by atoms with Gasteiger partial charge < -0.3 is 14.8 Å². The van der Waals surface area contributed by atoms with Crippen LogP contribution in [0.1, 0.15) is 32.4 Å². The second-order valence-electron chi connectivity index (χ2n) is 4.02. The predicted octanol–water partition coefficient (Wildman–Crippen LogP) is 3.50. The lowest BCUT2D eigenvalue weighted by molar-refractivity contribution is -0.133. The minimum atomic E-state index is -0.169.